The van der Waals surface area contributed by atoms with Gasteiger partial charge in [0.15, 0.2) is 4.77 Å². The number of aryl methyl sites for hydroxylation is 2. The highest BCUT2D eigenvalue weighted by Gasteiger charge is 2.19. The molecule has 2 heterocycles. The highest BCUT2D eigenvalue weighted by molar-refractivity contribution is 7.71. The van der Waals surface area contributed by atoms with Crippen LogP contribution in [-0.4, -0.2) is 9.55 Å². The third-order valence-corrected chi connectivity index (χ3v) is 6.31. The number of nitrogens with one attached hydrogen (secondary N) is 1. The zero-order valence-corrected chi connectivity index (χ0v) is 15.1. The lowest BCUT2D eigenvalue weighted by Crippen LogP contribution is -2.22. The van der Waals surface area contributed by atoms with Crippen LogP contribution in [0, 0.1) is 10.7 Å². The molecule has 0 saturated carbocycles. The topological polar surface area (TPSA) is 37.8 Å². The smallest absolute Gasteiger partial charge is 0.263 e. The van der Waals surface area contributed by atoms with Gasteiger partial charge in [0.25, 0.3) is 5.56 Å². The van der Waals surface area contributed by atoms with Crippen LogP contribution in [-0.2, 0) is 19.4 Å². The molecule has 124 valence electrons. The molecule has 0 aliphatic heterocycles. The molecule has 2 aromatic rings. The molecule has 0 saturated heterocycles. The van der Waals surface area contributed by atoms with Crippen molar-refractivity contribution in [1.29, 1.82) is 0 Å². The Labute approximate surface area is 150 Å². The Morgan fingerprint density at radius 1 is 1.33 bits per heavy atom. The van der Waals surface area contributed by atoms with Crippen LogP contribution in [0.25, 0.3) is 10.2 Å². The molecule has 2 aliphatic carbocycles. The maximum absolute atomic E-state index is 13.0. The van der Waals surface area contributed by atoms with Crippen molar-refractivity contribution in [3.8, 4) is 0 Å². The van der Waals surface area contributed by atoms with Crippen molar-refractivity contribution >= 4 is 33.8 Å². The SMILES string of the molecule is O=c1c2c3c(sc2[nH]c(=S)n1C/C=C/[C@@H]1C=CC=CC1)CCCC3. The number of rotatable bonds is 3. The van der Waals surface area contributed by atoms with Crippen molar-refractivity contribution in [2.24, 2.45) is 5.92 Å². The molecule has 0 unspecified atom stereocenters. The fourth-order valence-corrected chi connectivity index (χ4v) is 5.13. The van der Waals surface area contributed by atoms with Crippen molar-refractivity contribution in [3.63, 3.8) is 0 Å². The summed E-state index contributed by atoms with van der Waals surface area (Å²) in [6, 6.07) is 0. The molecule has 2 aromatic heterocycles. The van der Waals surface area contributed by atoms with E-state index in [0.717, 1.165) is 29.5 Å². The number of fused-ring (bicyclic) bond motifs is 3. The quantitative estimate of drug-likeness (QED) is 0.640. The second kappa shape index (κ2) is 6.65. The summed E-state index contributed by atoms with van der Waals surface area (Å²) in [6.07, 6.45) is 18.2. The average molecular weight is 357 g/mol. The van der Waals surface area contributed by atoms with Crippen LogP contribution >= 0.6 is 23.6 Å². The first-order chi connectivity index (χ1) is 11.7. The molecular weight excluding hydrogens is 336 g/mol. The summed E-state index contributed by atoms with van der Waals surface area (Å²) in [5.74, 6) is 0.417. The first-order valence-electron chi connectivity index (χ1n) is 8.51. The number of thiophene rings is 1. The number of aromatic amines is 1. The third-order valence-electron chi connectivity index (χ3n) is 4.78. The van der Waals surface area contributed by atoms with Crippen molar-refractivity contribution in [2.45, 2.75) is 38.6 Å². The highest BCUT2D eigenvalue weighted by atomic mass is 32.1. The molecule has 4 rings (SSSR count). The standard InChI is InChI=1S/C19H20N2OS2/c22-18-16-14-10-4-5-11-15(14)24-17(16)20-19(23)21(18)12-6-9-13-7-2-1-3-8-13/h1-3,6-7,9,13H,4-5,8,10-12H2,(H,20,23)/b9-6+/t13-/m1/s1. The molecule has 2 aliphatic rings. The Morgan fingerprint density at radius 3 is 3.04 bits per heavy atom. The molecule has 0 aromatic carbocycles. The van der Waals surface area contributed by atoms with Gasteiger partial charge in [0.2, 0.25) is 0 Å². The average Bonchev–Trinajstić information content (AvgIpc) is 2.97. The van der Waals surface area contributed by atoms with Crippen molar-refractivity contribution in [1.82, 2.24) is 9.55 Å². The maximum Gasteiger partial charge on any atom is 0.263 e. The summed E-state index contributed by atoms with van der Waals surface area (Å²) in [4.78, 5) is 18.6. The van der Waals surface area contributed by atoms with Gasteiger partial charge in [-0.15, -0.1) is 11.3 Å². The Morgan fingerprint density at radius 2 is 2.21 bits per heavy atom. The van der Waals surface area contributed by atoms with Crippen molar-refractivity contribution in [3.05, 3.63) is 62.0 Å². The van der Waals surface area contributed by atoms with E-state index < -0.39 is 0 Å². The van der Waals surface area contributed by atoms with Crippen LogP contribution in [0.2, 0.25) is 0 Å². The number of allylic oxidation sites excluding steroid dienone is 6. The molecular formula is C19H20N2OS2. The van der Waals surface area contributed by atoms with Gasteiger partial charge >= 0.3 is 0 Å². The summed E-state index contributed by atoms with van der Waals surface area (Å²) in [6.45, 7) is 0.531. The van der Waals surface area contributed by atoms with E-state index in [9.17, 15) is 4.79 Å². The van der Waals surface area contributed by atoms with E-state index in [0.29, 0.717) is 17.2 Å². The van der Waals surface area contributed by atoms with Crippen molar-refractivity contribution in [2.75, 3.05) is 0 Å². The van der Waals surface area contributed by atoms with Crippen LogP contribution in [0.1, 0.15) is 29.7 Å². The van der Waals surface area contributed by atoms with E-state index in [2.05, 4.69) is 41.4 Å². The zero-order valence-electron chi connectivity index (χ0n) is 13.5. The Hall–Kier alpha value is -1.72. The lowest BCUT2D eigenvalue weighted by molar-refractivity contribution is 0.697. The minimum absolute atomic E-state index is 0.0666. The summed E-state index contributed by atoms with van der Waals surface area (Å²) in [5.41, 5.74) is 1.33. The normalized spacial score (nSPS) is 20.1. The van der Waals surface area contributed by atoms with Gasteiger partial charge in [-0.2, -0.15) is 0 Å². The number of hydrogen-bond acceptors (Lipinski definition) is 3. The summed E-state index contributed by atoms with van der Waals surface area (Å²) in [7, 11) is 0. The molecule has 0 spiro atoms. The molecule has 24 heavy (non-hydrogen) atoms. The molecule has 5 heteroatoms. The van der Waals surface area contributed by atoms with Gasteiger partial charge in [-0.3, -0.25) is 9.36 Å². The number of aromatic nitrogens is 2. The molecule has 1 N–H and O–H groups in total. The van der Waals surface area contributed by atoms with E-state index in [1.165, 1.54) is 23.3 Å². The summed E-state index contributed by atoms with van der Waals surface area (Å²) in [5, 5.41) is 0.872. The summed E-state index contributed by atoms with van der Waals surface area (Å²) < 4.78 is 2.22. The second-order valence-electron chi connectivity index (χ2n) is 6.40. The Kier molecular flexibility index (Phi) is 4.37. The molecule has 0 fully saturated rings. The predicted molar refractivity (Wildman–Crippen MR) is 103 cm³/mol. The Bertz CT molecular complexity index is 972. The minimum atomic E-state index is 0.0666. The number of H-pyrrole nitrogens is 1. The molecule has 0 amide bonds. The van der Waals surface area contributed by atoms with E-state index in [4.69, 9.17) is 12.2 Å². The number of nitrogens with zero attached hydrogens (tertiary/aromatic N) is 1. The van der Waals surface area contributed by atoms with Crippen LogP contribution in [0.4, 0.5) is 0 Å². The van der Waals surface area contributed by atoms with Gasteiger partial charge < -0.3 is 4.98 Å². The Balaban J connectivity index is 1.69. The van der Waals surface area contributed by atoms with Gasteiger partial charge in [-0.05, 0) is 55.8 Å². The van der Waals surface area contributed by atoms with Gasteiger partial charge in [-0.25, -0.2) is 0 Å². The first kappa shape index (κ1) is 15.8. The molecule has 0 bridgehead atoms. The van der Waals surface area contributed by atoms with E-state index in [1.807, 2.05) is 0 Å². The maximum atomic E-state index is 13.0. The lowest BCUT2D eigenvalue weighted by atomic mass is 9.97. The summed E-state index contributed by atoms with van der Waals surface area (Å²) >= 11 is 7.15. The molecule has 0 radical (unpaired) electrons. The largest absolute Gasteiger partial charge is 0.323 e. The van der Waals surface area contributed by atoms with Crippen LogP contribution in [0.15, 0.2) is 41.3 Å². The second-order valence-corrected chi connectivity index (χ2v) is 7.89. The van der Waals surface area contributed by atoms with E-state index in [1.54, 1.807) is 15.9 Å². The highest BCUT2D eigenvalue weighted by Crippen LogP contribution is 2.33. The van der Waals surface area contributed by atoms with Crippen molar-refractivity contribution < 1.29 is 0 Å². The minimum Gasteiger partial charge on any atom is -0.323 e. The number of hydrogen-bond donors (Lipinski definition) is 1. The van der Waals surface area contributed by atoms with Gasteiger partial charge in [0, 0.05) is 11.4 Å². The van der Waals surface area contributed by atoms with Gasteiger partial charge in [0.05, 0.1) is 5.39 Å². The van der Waals surface area contributed by atoms with E-state index in [-0.39, 0.29) is 5.56 Å². The van der Waals surface area contributed by atoms with Crippen LogP contribution < -0.4 is 5.56 Å². The van der Waals surface area contributed by atoms with Crippen LogP contribution in [0.5, 0.6) is 0 Å². The predicted octanol–water partition coefficient (Wildman–Crippen LogP) is 4.69. The molecule has 3 nitrogen and oxygen atoms in total. The first-order valence-corrected chi connectivity index (χ1v) is 9.74. The van der Waals surface area contributed by atoms with Crippen LogP contribution in [0.3, 0.4) is 0 Å². The van der Waals surface area contributed by atoms with E-state index >= 15 is 0 Å². The zero-order chi connectivity index (χ0) is 16.5. The lowest BCUT2D eigenvalue weighted by Gasteiger charge is -2.10. The third kappa shape index (κ3) is 2.87. The monoisotopic (exact) mass is 356 g/mol. The molecule has 1 atom stereocenters. The van der Waals surface area contributed by atoms with Gasteiger partial charge in [0.1, 0.15) is 4.83 Å². The van der Waals surface area contributed by atoms with Gasteiger partial charge in [-0.1, -0.05) is 36.5 Å². The fraction of sp³-hybridized carbons (Fsp3) is 0.368. The fourth-order valence-electron chi connectivity index (χ4n) is 3.52.